The Morgan fingerprint density at radius 3 is 2.40 bits per heavy atom. The maximum atomic E-state index is 12.4. The monoisotopic (exact) mass is 428 g/mol. The van der Waals surface area contributed by atoms with Crippen LogP contribution in [0.4, 0.5) is 13.2 Å². The zero-order valence-corrected chi connectivity index (χ0v) is 16.3. The number of carbonyl (C=O) groups is 1. The van der Waals surface area contributed by atoms with E-state index in [2.05, 4.69) is 4.98 Å². The Morgan fingerprint density at radius 1 is 1.00 bits per heavy atom. The largest absolute Gasteiger partial charge is 0.471 e. The third-order valence-electron chi connectivity index (χ3n) is 4.33. The first-order valence-corrected chi connectivity index (χ1v) is 9.76. The molecule has 0 bridgehead atoms. The quantitative estimate of drug-likeness (QED) is 0.428. The highest BCUT2D eigenvalue weighted by atomic mass is 32.1. The normalized spacial score (nSPS) is 11.4. The summed E-state index contributed by atoms with van der Waals surface area (Å²) in [5.41, 5.74) is 2.15. The number of carbonyl (C=O) groups excluding carboxylic acids is 1. The van der Waals surface area contributed by atoms with Crippen LogP contribution in [0.15, 0.2) is 73.1 Å². The van der Waals surface area contributed by atoms with E-state index in [9.17, 15) is 18.0 Å². The van der Waals surface area contributed by atoms with Crippen molar-refractivity contribution >= 4 is 27.3 Å². The molecule has 4 nitrogen and oxygen atoms in total. The van der Waals surface area contributed by atoms with Gasteiger partial charge in [0.05, 0.1) is 17.4 Å². The van der Waals surface area contributed by atoms with Crippen LogP contribution in [-0.4, -0.2) is 17.1 Å². The second kappa shape index (κ2) is 8.16. The third kappa shape index (κ3) is 4.44. The van der Waals surface area contributed by atoms with Crippen LogP contribution in [0.1, 0.15) is 4.88 Å². The molecule has 152 valence electrons. The molecule has 1 amide bonds. The van der Waals surface area contributed by atoms with Crippen LogP contribution in [0.25, 0.3) is 21.2 Å². The lowest BCUT2D eigenvalue weighted by Gasteiger charge is -2.08. The number of hydrogen-bond donors (Lipinski definition) is 1. The number of nitrogens with one attached hydrogen (secondary N) is 1. The summed E-state index contributed by atoms with van der Waals surface area (Å²) >= 11 is 1.25. The van der Waals surface area contributed by atoms with Gasteiger partial charge in [-0.3, -0.25) is 9.78 Å². The molecule has 2 heterocycles. The van der Waals surface area contributed by atoms with Crippen molar-refractivity contribution in [3.8, 4) is 22.6 Å². The number of rotatable bonds is 5. The highest BCUT2D eigenvalue weighted by Gasteiger charge is 2.38. The number of nitrogens with zero attached hydrogens (tertiary/aromatic N) is 1. The number of benzene rings is 2. The summed E-state index contributed by atoms with van der Waals surface area (Å²) in [7, 11) is 0. The molecule has 0 atom stereocenters. The molecule has 0 aliphatic carbocycles. The van der Waals surface area contributed by atoms with Crippen LogP contribution in [0, 0.1) is 0 Å². The SMILES string of the molecule is O=C(NCc1cc2c(Oc3ccc(-c4ccccc4)cc3)cncc2s1)C(F)(F)F. The second-order valence-corrected chi connectivity index (χ2v) is 7.60. The molecule has 30 heavy (non-hydrogen) atoms. The molecule has 4 aromatic rings. The molecule has 0 spiro atoms. The van der Waals surface area contributed by atoms with Crippen molar-refractivity contribution in [1.29, 1.82) is 0 Å². The number of alkyl halides is 3. The number of thiophene rings is 1. The standard InChI is InChI=1S/C22H15F3N2O2S/c23-22(24,25)21(28)27-11-17-10-18-19(12-26-13-20(18)30-17)29-16-8-6-15(7-9-16)14-4-2-1-3-5-14/h1-10,12-13H,11H2,(H,27,28). The summed E-state index contributed by atoms with van der Waals surface area (Å²) in [6, 6.07) is 19.2. The average molecular weight is 428 g/mol. The van der Waals surface area contributed by atoms with Gasteiger partial charge in [-0.1, -0.05) is 42.5 Å². The van der Waals surface area contributed by atoms with Crippen LogP contribution in [0.5, 0.6) is 11.5 Å². The van der Waals surface area contributed by atoms with Gasteiger partial charge in [-0.05, 0) is 29.3 Å². The average Bonchev–Trinajstić information content (AvgIpc) is 3.17. The molecule has 2 aromatic carbocycles. The van der Waals surface area contributed by atoms with Gasteiger partial charge in [0.25, 0.3) is 0 Å². The van der Waals surface area contributed by atoms with E-state index in [-0.39, 0.29) is 6.54 Å². The van der Waals surface area contributed by atoms with Crippen LogP contribution < -0.4 is 10.1 Å². The Balaban J connectivity index is 1.52. The lowest BCUT2D eigenvalue weighted by atomic mass is 10.1. The number of hydrogen-bond acceptors (Lipinski definition) is 4. The fourth-order valence-corrected chi connectivity index (χ4v) is 3.88. The smallest absolute Gasteiger partial charge is 0.455 e. The fraction of sp³-hybridized carbons (Fsp3) is 0.0909. The molecule has 0 saturated carbocycles. The summed E-state index contributed by atoms with van der Waals surface area (Å²) in [4.78, 5) is 15.7. The van der Waals surface area contributed by atoms with E-state index in [0.717, 1.165) is 21.2 Å². The van der Waals surface area contributed by atoms with Crippen LogP contribution in [0.2, 0.25) is 0 Å². The Hall–Kier alpha value is -3.39. The number of amides is 1. The summed E-state index contributed by atoms with van der Waals surface area (Å²) in [6.45, 7) is -0.219. The van der Waals surface area contributed by atoms with Crippen molar-refractivity contribution in [2.75, 3.05) is 0 Å². The van der Waals surface area contributed by atoms with Gasteiger partial charge in [0.15, 0.2) is 5.75 Å². The van der Waals surface area contributed by atoms with Gasteiger partial charge in [0, 0.05) is 16.5 Å². The Kier molecular flexibility index (Phi) is 5.41. The minimum absolute atomic E-state index is 0.219. The van der Waals surface area contributed by atoms with Gasteiger partial charge in [-0.2, -0.15) is 13.2 Å². The van der Waals surface area contributed by atoms with Gasteiger partial charge in [-0.15, -0.1) is 11.3 Å². The van der Waals surface area contributed by atoms with E-state index < -0.39 is 12.1 Å². The maximum Gasteiger partial charge on any atom is 0.471 e. The van der Waals surface area contributed by atoms with Crippen molar-refractivity contribution < 1.29 is 22.7 Å². The van der Waals surface area contributed by atoms with Gasteiger partial charge in [0.1, 0.15) is 5.75 Å². The number of halogens is 3. The summed E-state index contributed by atoms with van der Waals surface area (Å²) in [5.74, 6) is -0.861. The van der Waals surface area contributed by atoms with Crippen molar-refractivity contribution in [2.45, 2.75) is 12.7 Å². The molecule has 0 unspecified atom stereocenters. The maximum absolute atomic E-state index is 12.4. The summed E-state index contributed by atoms with van der Waals surface area (Å²) < 4.78 is 43.8. The lowest BCUT2D eigenvalue weighted by Crippen LogP contribution is -2.36. The van der Waals surface area contributed by atoms with Crippen molar-refractivity contribution in [3.05, 3.63) is 77.9 Å². The predicted octanol–water partition coefficient (Wildman–Crippen LogP) is 5.93. The molecule has 0 aliphatic heterocycles. The molecule has 0 fully saturated rings. The Bertz CT molecular complexity index is 1170. The minimum Gasteiger partial charge on any atom is -0.455 e. The first-order valence-electron chi connectivity index (χ1n) is 8.95. The Labute approximate surface area is 174 Å². The van der Waals surface area contributed by atoms with Crippen LogP contribution in [-0.2, 0) is 11.3 Å². The number of pyridine rings is 1. The summed E-state index contributed by atoms with van der Waals surface area (Å²) in [5, 5.41) is 2.60. The molecule has 4 rings (SSSR count). The van der Waals surface area contributed by atoms with Gasteiger partial charge < -0.3 is 10.1 Å². The minimum atomic E-state index is -4.90. The predicted molar refractivity (Wildman–Crippen MR) is 109 cm³/mol. The van der Waals surface area contributed by atoms with Crippen molar-refractivity contribution in [1.82, 2.24) is 10.3 Å². The van der Waals surface area contributed by atoms with Gasteiger partial charge in [0.2, 0.25) is 0 Å². The van der Waals surface area contributed by atoms with Gasteiger partial charge >= 0.3 is 12.1 Å². The molecule has 2 aromatic heterocycles. The second-order valence-electron chi connectivity index (χ2n) is 6.44. The zero-order valence-electron chi connectivity index (χ0n) is 15.4. The lowest BCUT2D eigenvalue weighted by molar-refractivity contribution is -0.173. The van der Waals surface area contributed by atoms with E-state index in [1.807, 2.05) is 59.9 Å². The third-order valence-corrected chi connectivity index (χ3v) is 5.40. The number of ether oxygens (including phenoxy) is 1. The van der Waals surface area contributed by atoms with Crippen LogP contribution in [0.3, 0.4) is 0 Å². The molecule has 0 aliphatic rings. The van der Waals surface area contributed by atoms with E-state index in [4.69, 9.17) is 4.74 Å². The molecule has 1 N–H and O–H groups in total. The molecule has 0 radical (unpaired) electrons. The van der Waals surface area contributed by atoms with E-state index >= 15 is 0 Å². The molecule has 0 saturated heterocycles. The topological polar surface area (TPSA) is 51.2 Å². The number of aromatic nitrogens is 1. The van der Waals surface area contributed by atoms with Crippen LogP contribution >= 0.6 is 11.3 Å². The summed E-state index contributed by atoms with van der Waals surface area (Å²) in [6.07, 6.45) is -1.74. The molecular formula is C22H15F3N2O2S. The first kappa shape index (κ1) is 19.9. The van der Waals surface area contributed by atoms with Crippen molar-refractivity contribution in [2.24, 2.45) is 0 Å². The highest BCUT2D eigenvalue weighted by Crippen LogP contribution is 2.35. The first-order chi connectivity index (χ1) is 14.4. The van der Waals surface area contributed by atoms with E-state index in [1.54, 1.807) is 18.5 Å². The zero-order chi connectivity index (χ0) is 21.1. The van der Waals surface area contributed by atoms with E-state index in [1.165, 1.54) is 11.3 Å². The van der Waals surface area contributed by atoms with Gasteiger partial charge in [-0.25, -0.2) is 0 Å². The highest BCUT2D eigenvalue weighted by molar-refractivity contribution is 7.19. The molecule has 8 heteroatoms. The fourth-order valence-electron chi connectivity index (χ4n) is 2.90. The number of fused-ring (bicyclic) bond motifs is 1. The molecular weight excluding hydrogens is 413 g/mol. The Morgan fingerprint density at radius 2 is 1.70 bits per heavy atom. The van der Waals surface area contributed by atoms with Crippen molar-refractivity contribution in [3.63, 3.8) is 0 Å². The van der Waals surface area contributed by atoms with E-state index in [0.29, 0.717) is 16.4 Å².